The molecule has 0 radical (unpaired) electrons. The molecule has 1 atom stereocenters. The monoisotopic (exact) mass is 449 g/mol. The number of benzene rings is 2. The molecule has 0 bridgehead atoms. The van der Waals surface area contributed by atoms with Crippen molar-refractivity contribution in [3.8, 4) is 0 Å². The van der Waals surface area contributed by atoms with Crippen molar-refractivity contribution >= 4 is 27.5 Å². The molecule has 0 heterocycles. The first-order chi connectivity index (χ1) is 14.5. The lowest BCUT2D eigenvalue weighted by molar-refractivity contribution is -0.139. The minimum Gasteiger partial charge on any atom is -0.355 e. The fourth-order valence-electron chi connectivity index (χ4n) is 3.04. The van der Waals surface area contributed by atoms with Crippen LogP contribution in [0.5, 0.6) is 0 Å². The fraction of sp³-hybridized carbons (Fsp3) is 0.364. The maximum atomic E-state index is 14.3. The number of aryl methyl sites for hydroxylation is 1. The van der Waals surface area contributed by atoms with Gasteiger partial charge in [0.2, 0.25) is 21.8 Å². The first-order valence-corrected chi connectivity index (χ1v) is 11.7. The van der Waals surface area contributed by atoms with Gasteiger partial charge in [0.25, 0.3) is 0 Å². The van der Waals surface area contributed by atoms with Crippen molar-refractivity contribution < 1.29 is 22.4 Å². The zero-order valence-electron chi connectivity index (χ0n) is 18.1. The average molecular weight is 450 g/mol. The van der Waals surface area contributed by atoms with Gasteiger partial charge in [0.15, 0.2) is 0 Å². The van der Waals surface area contributed by atoms with E-state index in [1.165, 1.54) is 23.1 Å². The van der Waals surface area contributed by atoms with Crippen LogP contribution in [0, 0.1) is 12.7 Å². The van der Waals surface area contributed by atoms with Crippen LogP contribution in [-0.2, 0) is 26.2 Å². The number of hydrogen-bond donors (Lipinski definition) is 1. The molecule has 0 saturated heterocycles. The van der Waals surface area contributed by atoms with E-state index in [0.29, 0.717) is 6.54 Å². The fourth-order valence-corrected chi connectivity index (χ4v) is 3.89. The van der Waals surface area contributed by atoms with Crippen molar-refractivity contribution in [3.05, 3.63) is 65.5 Å². The quantitative estimate of drug-likeness (QED) is 0.637. The third kappa shape index (κ3) is 6.52. The molecular weight excluding hydrogens is 421 g/mol. The van der Waals surface area contributed by atoms with E-state index >= 15 is 0 Å². The highest BCUT2D eigenvalue weighted by Gasteiger charge is 2.30. The van der Waals surface area contributed by atoms with E-state index in [9.17, 15) is 22.4 Å². The number of hydrogen-bond acceptors (Lipinski definition) is 4. The van der Waals surface area contributed by atoms with Gasteiger partial charge in [-0.25, -0.2) is 12.8 Å². The molecular formula is C22H28FN3O4S. The van der Waals surface area contributed by atoms with Gasteiger partial charge in [-0.2, -0.15) is 0 Å². The molecule has 7 nitrogen and oxygen atoms in total. The summed E-state index contributed by atoms with van der Waals surface area (Å²) < 4.78 is 39.7. The molecule has 0 spiro atoms. The summed E-state index contributed by atoms with van der Waals surface area (Å²) in [6.45, 7) is 5.13. The summed E-state index contributed by atoms with van der Waals surface area (Å²) in [5.41, 5.74) is 1.60. The molecule has 2 amide bonds. The third-order valence-electron chi connectivity index (χ3n) is 4.79. The molecule has 31 heavy (non-hydrogen) atoms. The Hall–Kier alpha value is -2.94. The number of carbonyl (C=O) groups excluding carboxylic acids is 2. The second-order valence-electron chi connectivity index (χ2n) is 7.30. The summed E-state index contributed by atoms with van der Waals surface area (Å²) in [7, 11) is -3.96. The second-order valence-corrected chi connectivity index (χ2v) is 9.21. The number of rotatable bonds is 9. The van der Waals surface area contributed by atoms with Gasteiger partial charge < -0.3 is 10.2 Å². The van der Waals surface area contributed by atoms with E-state index in [-0.39, 0.29) is 18.1 Å². The van der Waals surface area contributed by atoms with Gasteiger partial charge in [0.05, 0.1) is 11.9 Å². The van der Waals surface area contributed by atoms with Gasteiger partial charge in [-0.05, 0) is 38.5 Å². The Morgan fingerprint density at radius 2 is 1.71 bits per heavy atom. The number of nitrogens with zero attached hydrogens (tertiary/aromatic N) is 2. The van der Waals surface area contributed by atoms with Crippen molar-refractivity contribution in [2.24, 2.45) is 0 Å². The molecule has 0 unspecified atom stereocenters. The molecule has 0 aliphatic heterocycles. The van der Waals surface area contributed by atoms with E-state index in [4.69, 9.17) is 0 Å². The number of carbonyl (C=O) groups is 2. The summed E-state index contributed by atoms with van der Waals surface area (Å²) in [6.07, 6.45) is 0.907. The lowest BCUT2D eigenvalue weighted by atomic mass is 10.1. The van der Waals surface area contributed by atoms with Gasteiger partial charge >= 0.3 is 0 Å². The van der Waals surface area contributed by atoms with Crippen LogP contribution in [0.1, 0.15) is 25.0 Å². The van der Waals surface area contributed by atoms with Gasteiger partial charge in [-0.3, -0.25) is 13.9 Å². The highest BCUT2D eigenvalue weighted by atomic mass is 32.2. The van der Waals surface area contributed by atoms with Crippen molar-refractivity contribution in [3.63, 3.8) is 0 Å². The van der Waals surface area contributed by atoms with Crippen LogP contribution in [0.2, 0.25) is 0 Å². The molecule has 0 aliphatic rings. The van der Waals surface area contributed by atoms with Crippen LogP contribution in [-0.4, -0.2) is 50.5 Å². The summed E-state index contributed by atoms with van der Waals surface area (Å²) in [5.74, 6) is -1.74. The maximum Gasteiger partial charge on any atom is 0.244 e. The first-order valence-electron chi connectivity index (χ1n) is 9.89. The molecule has 1 N–H and O–H groups in total. The Balaban J connectivity index is 2.38. The summed E-state index contributed by atoms with van der Waals surface area (Å²) in [6, 6.07) is 11.9. The first kappa shape index (κ1) is 24.3. The molecule has 0 aromatic heterocycles. The standard InChI is InChI=1S/C22H28FN3O4S/c1-5-24-22(28)17(3)25(14-18-12-10-16(2)11-13-18)21(27)15-26(31(4,29)30)20-9-7-6-8-19(20)23/h6-13,17H,5,14-15H2,1-4H3,(H,24,28)/t17-/m0/s1. The average Bonchev–Trinajstić information content (AvgIpc) is 2.71. The van der Waals surface area contributed by atoms with Crippen LogP contribution >= 0.6 is 0 Å². The third-order valence-corrected chi connectivity index (χ3v) is 5.92. The highest BCUT2D eigenvalue weighted by molar-refractivity contribution is 7.92. The largest absolute Gasteiger partial charge is 0.355 e. The molecule has 2 aromatic carbocycles. The van der Waals surface area contributed by atoms with Gasteiger partial charge in [-0.1, -0.05) is 42.0 Å². The summed E-state index contributed by atoms with van der Waals surface area (Å²) in [4.78, 5) is 27.0. The zero-order chi connectivity index (χ0) is 23.2. The smallest absolute Gasteiger partial charge is 0.244 e. The number of nitrogens with one attached hydrogen (secondary N) is 1. The lowest BCUT2D eigenvalue weighted by Crippen LogP contribution is -2.51. The molecule has 0 saturated carbocycles. The number of anilines is 1. The van der Waals surface area contributed by atoms with Gasteiger partial charge in [0.1, 0.15) is 18.4 Å². The molecule has 9 heteroatoms. The van der Waals surface area contributed by atoms with Crippen molar-refractivity contribution in [2.45, 2.75) is 33.4 Å². The Morgan fingerprint density at radius 1 is 1.10 bits per heavy atom. The van der Waals surface area contributed by atoms with E-state index in [0.717, 1.165) is 27.8 Å². The molecule has 168 valence electrons. The van der Waals surface area contributed by atoms with Crippen LogP contribution < -0.4 is 9.62 Å². The minimum absolute atomic E-state index is 0.103. The SMILES string of the molecule is CCNC(=O)[C@H](C)N(Cc1ccc(C)cc1)C(=O)CN(c1ccccc1F)S(C)(=O)=O. The Kier molecular flexibility index (Phi) is 8.15. The van der Waals surface area contributed by atoms with E-state index in [1.807, 2.05) is 31.2 Å². The predicted molar refractivity (Wildman–Crippen MR) is 118 cm³/mol. The highest BCUT2D eigenvalue weighted by Crippen LogP contribution is 2.22. The Morgan fingerprint density at radius 3 is 2.26 bits per heavy atom. The number of amides is 2. The second kappa shape index (κ2) is 10.4. The van der Waals surface area contributed by atoms with Crippen LogP contribution in [0.4, 0.5) is 10.1 Å². The molecule has 0 aliphatic carbocycles. The predicted octanol–water partition coefficient (Wildman–Crippen LogP) is 2.45. The number of para-hydroxylation sites is 1. The van der Waals surface area contributed by atoms with Crippen molar-refractivity contribution in [1.29, 1.82) is 0 Å². The van der Waals surface area contributed by atoms with Gasteiger partial charge in [0, 0.05) is 13.1 Å². The maximum absolute atomic E-state index is 14.3. The topological polar surface area (TPSA) is 86.8 Å². The minimum atomic E-state index is -3.96. The lowest BCUT2D eigenvalue weighted by Gasteiger charge is -2.31. The van der Waals surface area contributed by atoms with Gasteiger partial charge in [-0.15, -0.1) is 0 Å². The van der Waals surface area contributed by atoms with E-state index in [2.05, 4.69) is 5.32 Å². The number of likely N-dealkylation sites (N-methyl/N-ethyl adjacent to an activating group) is 1. The Labute approximate surface area is 182 Å². The number of sulfonamides is 1. The molecule has 0 fully saturated rings. The Bertz CT molecular complexity index is 1030. The van der Waals surface area contributed by atoms with Crippen LogP contribution in [0.3, 0.4) is 0 Å². The van der Waals surface area contributed by atoms with Crippen LogP contribution in [0.15, 0.2) is 48.5 Å². The molecule has 2 rings (SSSR count). The van der Waals surface area contributed by atoms with Crippen molar-refractivity contribution in [1.82, 2.24) is 10.2 Å². The summed E-state index contributed by atoms with van der Waals surface area (Å²) in [5, 5.41) is 2.68. The van der Waals surface area contributed by atoms with E-state index < -0.39 is 34.3 Å². The summed E-state index contributed by atoms with van der Waals surface area (Å²) >= 11 is 0. The molecule has 2 aromatic rings. The van der Waals surface area contributed by atoms with E-state index in [1.54, 1.807) is 13.8 Å². The van der Waals surface area contributed by atoms with Crippen LogP contribution in [0.25, 0.3) is 0 Å². The normalized spacial score (nSPS) is 12.2. The zero-order valence-corrected chi connectivity index (χ0v) is 18.9. The van der Waals surface area contributed by atoms with Crippen molar-refractivity contribution in [2.75, 3.05) is 23.7 Å². The number of halogens is 1.